The monoisotopic (exact) mass is 873 g/mol. The van der Waals surface area contributed by atoms with Gasteiger partial charge in [-0.15, -0.1) is 0 Å². The zero-order valence-corrected chi connectivity index (χ0v) is 41.9. The number of anilines is 1. The molecular formula is C53H73GeNO3Si. The van der Waals surface area contributed by atoms with Crippen molar-refractivity contribution in [1.29, 1.82) is 0 Å². The molecule has 4 nitrogen and oxygen atoms in total. The van der Waals surface area contributed by atoms with Crippen LogP contribution in [0.2, 0.25) is 0 Å². The Balaban J connectivity index is 0.00000119. The molecule has 0 aromatic heterocycles. The van der Waals surface area contributed by atoms with Gasteiger partial charge >= 0.3 is 331 Å². The van der Waals surface area contributed by atoms with E-state index < -0.39 is 25.8 Å². The maximum Gasteiger partial charge on any atom is -0.0536 e. The van der Waals surface area contributed by atoms with Gasteiger partial charge in [-0.05, 0) is 0 Å². The third kappa shape index (κ3) is 14.0. The third-order valence-corrected chi connectivity index (χ3v) is 15.8. The summed E-state index contributed by atoms with van der Waals surface area (Å²) >= 11 is 1.44. The van der Waals surface area contributed by atoms with Crippen molar-refractivity contribution in [3.05, 3.63) is 172 Å². The first-order valence-corrected chi connectivity index (χ1v) is 24.6. The normalized spacial score (nSPS) is 12.5. The van der Waals surface area contributed by atoms with E-state index in [1.165, 1.54) is 81.4 Å². The molecule has 2 radical (unpaired) electrons. The standard InChI is InChI=1S/C47H59GeNO3Si.C6H14/c1-34(2)39-32-40(42(35-24-16-12-17-25-35)36-26-18-13-19-27-36)44(41(33-39)43(37-28-20-14-21-29-37)38-30-22-15-23-31-38)49(48)53(50-45(3,4)5,51-46(6,7)8)52-47(9,10)11;1-3-5-6-4-2/h12-34,42-43,48H,1-11H3;3-6H2,1-2H3. The van der Waals surface area contributed by atoms with Crippen LogP contribution in [0.15, 0.2) is 133 Å². The minimum absolute atomic E-state index is 0.0825. The molecule has 0 atom stereocenters. The predicted molar refractivity (Wildman–Crippen MR) is 256 cm³/mol. The molecule has 6 heteroatoms. The molecule has 0 heterocycles. The van der Waals surface area contributed by atoms with Crippen molar-refractivity contribution in [2.24, 2.45) is 0 Å². The van der Waals surface area contributed by atoms with E-state index >= 15 is 0 Å². The molecule has 0 aliphatic rings. The number of nitrogens with zero attached hydrogens (tertiary/aromatic N) is 1. The molecular weight excluding hydrogens is 799 g/mol. The van der Waals surface area contributed by atoms with Crippen LogP contribution < -0.4 is 3.52 Å². The van der Waals surface area contributed by atoms with Gasteiger partial charge in [0.25, 0.3) is 0 Å². The summed E-state index contributed by atoms with van der Waals surface area (Å²) in [5.74, 6) is 0.114. The van der Waals surface area contributed by atoms with Crippen LogP contribution in [0.5, 0.6) is 0 Å². The Labute approximate surface area is 369 Å². The van der Waals surface area contributed by atoms with Crippen molar-refractivity contribution in [3.63, 3.8) is 0 Å². The minimum Gasteiger partial charge on any atom is -0.0654 e. The summed E-state index contributed by atoms with van der Waals surface area (Å²) < 4.78 is 24.3. The van der Waals surface area contributed by atoms with E-state index in [4.69, 9.17) is 13.3 Å². The second-order valence-electron chi connectivity index (χ2n) is 19.0. The number of benzene rings is 5. The van der Waals surface area contributed by atoms with Crippen molar-refractivity contribution < 1.29 is 13.3 Å². The molecule has 0 spiro atoms. The summed E-state index contributed by atoms with van der Waals surface area (Å²) in [6.07, 6.45) is 5.54. The van der Waals surface area contributed by atoms with Crippen LogP contribution in [0, 0.1) is 0 Å². The van der Waals surface area contributed by atoms with Crippen LogP contribution in [0.1, 0.15) is 172 Å². The first kappa shape index (κ1) is 48.2. The second-order valence-corrected chi connectivity index (χ2v) is 23.3. The predicted octanol–water partition coefficient (Wildman–Crippen LogP) is 14.3. The third-order valence-electron chi connectivity index (χ3n) is 9.81. The van der Waals surface area contributed by atoms with Crippen molar-refractivity contribution >= 4 is 31.4 Å². The molecule has 59 heavy (non-hydrogen) atoms. The summed E-state index contributed by atoms with van der Waals surface area (Å²) in [4.78, 5) is 0. The largest absolute Gasteiger partial charge is 0.0654 e. The molecule has 5 aromatic rings. The number of hydrogen-bond donors (Lipinski definition) is 0. The van der Waals surface area contributed by atoms with E-state index in [1.54, 1.807) is 0 Å². The van der Waals surface area contributed by atoms with Gasteiger partial charge in [-0.2, -0.15) is 0 Å². The van der Waals surface area contributed by atoms with Crippen LogP contribution in [-0.4, -0.2) is 42.5 Å². The fraction of sp³-hybridized carbons (Fsp3) is 0.434. The van der Waals surface area contributed by atoms with E-state index in [0.29, 0.717) is 0 Å². The molecule has 5 aromatic carbocycles. The van der Waals surface area contributed by atoms with Gasteiger partial charge in [0.2, 0.25) is 0 Å². The zero-order valence-electron chi connectivity index (χ0n) is 38.5. The second kappa shape index (κ2) is 21.4. The van der Waals surface area contributed by atoms with Crippen molar-refractivity contribution in [1.82, 2.24) is 0 Å². The quantitative estimate of drug-likeness (QED) is 0.0596. The molecule has 0 saturated carbocycles. The van der Waals surface area contributed by atoms with Gasteiger partial charge in [0.1, 0.15) is 0 Å². The average Bonchev–Trinajstić information content (AvgIpc) is 3.17. The number of rotatable bonds is 15. The Bertz CT molecular complexity index is 1740. The maximum atomic E-state index is 7.30. The molecule has 0 unspecified atom stereocenters. The molecule has 0 N–H and O–H groups in total. The zero-order chi connectivity index (χ0) is 43.4. The van der Waals surface area contributed by atoms with Crippen LogP contribution >= 0.6 is 0 Å². The van der Waals surface area contributed by atoms with Crippen LogP contribution in [0.4, 0.5) is 5.69 Å². The van der Waals surface area contributed by atoms with E-state index in [1.807, 2.05) is 0 Å². The van der Waals surface area contributed by atoms with Crippen LogP contribution in [-0.2, 0) is 13.3 Å². The summed E-state index contributed by atoms with van der Waals surface area (Å²) in [5, 5.41) is 0. The SMILES string of the molecule is CC(C)c1cc(C(c2ccccc2)c2ccccc2)c([N]([GeH])[Si](OC(C)(C)C)(OC(C)(C)C)OC(C)(C)C)c(C(c2ccccc2)c2ccccc2)c1.CCCCCC. The Kier molecular flexibility index (Phi) is 17.5. The fourth-order valence-corrected chi connectivity index (χ4v) is 12.3. The Hall–Kier alpha value is -3.46. The number of unbranched alkanes of at least 4 members (excludes halogenated alkanes) is 3. The average molecular weight is 873 g/mol. The van der Waals surface area contributed by atoms with Gasteiger partial charge in [-0.1, -0.05) is 39.5 Å². The van der Waals surface area contributed by atoms with Gasteiger partial charge in [0.15, 0.2) is 0 Å². The number of hydrogen-bond acceptors (Lipinski definition) is 4. The molecule has 0 fully saturated rings. The topological polar surface area (TPSA) is 30.9 Å². The van der Waals surface area contributed by atoms with Crippen LogP contribution in [0.25, 0.3) is 0 Å². The molecule has 0 aliphatic carbocycles. The van der Waals surface area contributed by atoms with E-state index in [0.717, 1.165) is 5.69 Å². The summed E-state index contributed by atoms with van der Waals surface area (Å²) in [6, 6.07) is 48.5. The summed E-state index contributed by atoms with van der Waals surface area (Å²) in [5.41, 5.74) is 7.97. The van der Waals surface area contributed by atoms with E-state index in [2.05, 4.69) is 227 Å². The molecule has 0 amide bonds. The Morgan fingerprint density at radius 2 is 0.746 bits per heavy atom. The van der Waals surface area contributed by atoms with E-state index in [-0.39, 0.29) is 17.8 Å². The van der Waals surface area contributed by atoms with Gasteiger partial charge in [-0.25, -0.2) is 0 Å². The molecule has 316 valence electrons. The Morgan fingerprint density at radius 3 is 0.966 bits per heavy atom. The van der Waals surface area contributed by atoms with E-state index in [9.17, 15) is 0 Å². The Morgan fingerprint density at radius 1 is 0.475 bits per heavy atom. The molecule has 5 rings (SSSR count). The maximum absolute atomic E-state index is 7.30. The molecule has 0 saturated heterocycles. The van der Waals surface area contributed by atoms with Gasteiger partial charge in [0.05, 0.1) is 0 Å². The smallest absolute Gasteiger partial charge is 0.0536 e. The summed E-state index contributed by atoms with van der Waals surface area (Å²) in [6.45, 7) is 28.0. The first-order valence-electron chi connectivity index (χ1n) is 21.8. The minimum atomic E-state index is -3.79. The van der Waals surface area contributed by atoms with Crippen molar-refractivity contribution in [3.8, 4) is 0 Å². The van der Waals surface area contributed by atoms with Crippen LogP contribution in [0.3, 0.4) is 0 Å². The van der Waals surface area contributed by atoms with Gasteiger partial charge < -0.3 is 0 Å². The van der Waals surface area contributed by atoms with Crippen molar-refractivity contribution in [2.75, 3.05) is 3.52 Å². The van der Waals surface area contributed by atoms with Gasteiger partial charge in [-0.3, -0.25) is 0 Å². The van der Waals surface area contributed by atoms with Crippen molar-refractivity contribution in [2.45, 2.75) is 150 Å². The summed E-state index contributed by atoms with van der Waals surface area (Å²) in [7, 11) is -3.79. The van der Waals surface area contributed by atoms with Gasteiger partial charge in [0, 0.05) is 0 Å². The molecule has 0 bridgehead atoms. The molecule has 0 aliphatic heterocycles. The first-order chi connectivity index (χ1) is 27.8. The fourth-order valence-electron chi connectivity index (χ4n) is 7.45.